The van der Waals surface area contributed by atoms with Crippen LogP contribution in [0.4, 0.5) is 0 Å². The van der Waals surface area contributed by atoms with Gasteiger partial charge >= 0.3 is 0 Å². The van der Waals surface area contributed by atoms with Crippen LogP contribution in [0.15, 0.2) is 46.7 Å². The van der Waals surface area contributed by atoms with Gasteiger partial charge in [-0.05, 0) is 36.4 Å². The number of rotatable bonds is 6. The molecule has 2 aromatic rings. The van der Waals surface area contributed by atoms with Crippen molar-refractivity contribution in [1.82, 2.24) is 9.62 Å². The van der Waals surface area contributed by atoms with Gasteiger partial charge in [-0.1, -0.05) is 29.8 Å². The molecule has 1 aliphatic heterocycles. The maximum absolute atomic E-state index is 12.5. The minimum atomic E-state index is -3.72. The Morgan fingerprint density at radius 3 is 2.80 bits per heavy atom. The fraction of sp³-hybridized carbons (Fsp3) is 0.353. The van der Waals surface area contributed by atoms with Gasteiger partial charge in [-0.2, -0.15) is 0 Å². The van der Waals surface area contributed by atoms with Crippen LogP contribution in [0.2, 0.25) is 5.02 Å². The molecule has 1 unspecified atom stereocenters. The van der Waals surface area contributed by atoms with E-state index >= 15 is 0 Å². The van der Waals surface area contributed by atoms with Gasteiger partial charge < -0.3 is 4.90 Å². The average Bonchev–Trinajstić information content (AvgIpc) is 3.26. The first-order chi connectivity index (χ1) is 12.0. The number of hydrogen-bond acceptors (Lipinski definition) is 4. The van der Waals surface area contributed by atoms with Crippen LogP contribution in [0.1, 0.15) is 30.2 Å². The number of amides is 1. The third kappa shape index (κ3) is 4.23. The van der Waals surface area contributed by atoms with Crippen LogP contribution >= 0.6 is 22.9 Å². The molecular formula is C17H19ClN2O3S2. The van der Waals surface area contributed by atoms with Crippen LogP contribution in [0.3, 0.4) is 0 Å². The van der Waals surface area contributed by atoms with E-state index in [2.05, 4.69) is 4.72 Å². The second-order valence-electron chi connectivity index (χ2n) is 5.84. The lowest BCUT2D eigenvalue weighted by atomic mass is 10.2. The zero-order valence-electron chi connectivity index (χ0n) is 13.5. The first-order valence-electron chi connectivity index (χ1n) is 8.06. The number of carbonyl (C=O) groups excluding carboxylic acids is 1. The highest BCUT2D eigenvalue weighted by atomic mass is 35.5. The molecule has 0 radical (unpaired) electrons. The summed E-state index contributed by atoms with van der Waals surface area (Å²) in [7, 11) is -3.72. The van der Waals surface area contributed by atoms with Crippen molar-refractivity contribution >= 4 is 38.9 Å². The molecule has 3 rings (SSSR count). The van der Waals surface area contributed by atoms with Crippen LogP contribution < -0.4 is 4.72 Å². The summed E-state index contributed by atoms with van der Waals surface area (Å²) in [5, 5.41) is 2.17. The van der Waals surface area contributed by atoms with Gasteiger partial charge in [-0.15, -0.1) is 11.3 Å². The number of likely N-dealkylation sites (tertiary alicyclic amines) is 1. The molecule has 2 heterocycles. The van der Waals surface area contributed by atoms with Gasteiger partial charge in [-0.3, -0.25) is 4.79 Å². The molecule has 1 aliphatic rings. The summed E-state index contributed by atoms with van der Waals surface area (Å²) in [4.78, 5) is 15.6. The zero-order valence-corrected chi connectivity index (χ0v) is 15.9. The molecule has 134 valence electrons. The lowest BCUT2D eigenvalue weighted by Crippen LogP contribution is -2.34. The minimum Gasteiger partial charge on any atom is -0.335 e. The maximum atomic E-state index is 12.5. The monoisotopic (exact) mass is 398 g/mol. The Kier molecular flexibility index (Phi) is 5.78. The summed E-state index contributed by atoms with van der Waals surface area (Å²) in [6.45, 7) is 0.777. The molecule has 1 atom stereocenters. The Labute approximate surface area is 156 Å². The van der Waals surface area contributed by atoms with Crippen molar-refractivity contribution in [3.05, 3.63) is 51.7 Å². The van der Waals surface area contributed by atoms with Gasteiger partial charge in [0.2, 0.25) is 15.9 Å². The minimum absolute atomic E-state index is 0.0294. The first-order valence-corrected chi connectivity index (χ1v) is 10.8. The molecule has 0 bridgehead atoms. The second-order valence-corrected chi connectivity index (χ2v) is 8.96. The first kappa shape index (κ1) is 18.4. The van der Waals surface area contributed by atoms with Crippen LogP contribution in [-0.2, 0) is 14.8 Å². The number of halogens is 1. The van der Waals surface area contributed by atoms with E-state index in [1.165, 1.54) is 17.0 Å². The van der Waals surface area contributed by atoms with E-state index in [4.69, 9.17) is 11.6 Å². The summed E-state index contributed by atoms with van der Waals surface area (Å²) >= 11 is 7.59. The summed E-state index contributed by atoms with van der Waals surface area (Å²) in [5.74, 6) is -0.0299. The Morgan fingerprint density at radius 2 is 2.08 bits per heavy atom. The van der Waals surface area contributed by atoms with Gasteiger partial charge in [-0.25, -0.2) is 13.1 Å². The standard InChI is InChI=1S/C17H19ClN2O3S2/c18-13-5-1-2-8-16(13)25(22,23)19-10-9-17(21)20-11-3-6-14(20)15-7-4-12-24-15/h1-2,4-5,7-8,12,14,19H,3,6,9-11H2. The van der Waals surface area contributed by atoms with Crippen molar-refractivity contribution in [2.24, 2.45) is 0 Å². The van der Waals surface area contributed by atoms with E-state index in [-0.39, 0.29) is 34.8 Å². The number of hydrogen-bond donors (Lipinski definition) is 1. The third-order valence-corrected chi connectivity index (χ3v) is 7.14. The van der Waals surface area contributed by atoms with Crippen molar-refractivity contribution in [1.29, 1.82) is 0 Å². The highest BCUT2D eigenvalue weighted by Gasteiger charge is 2.30. The maximum Gasteiger partial charge on any atom is 0.242 e. The summed E-state index contributed by atoms with van der Waals surface area (Å²) < 4.78 is 27.0. The topological polar surface area (TPSA) is 66.5 Å². The van der Waals surface area contributed by atoms with E-state index in [1.807, 2.05) is 22.4 Å². The van der Waals surface area contributed by atoms with Crippen molar-refractivity contribution in [2.45, 2.75) is 30.2 Å². The molecule has 1 aromatic carbocycles. The van der Waals surface area contributed by atoms with Crippen molar-refractivity contribution < 1.29 is 13.2 Å². The van der Waals surface area contributed by atoms with E-state index in [0.29, 0.717) is 0 Å². The largest absolute Gasteiger partial charge is 0.335 e. The molecular weight excluding hydrogens is 380 g/mol. The Hall–Kier alpha value is -1.41. The van der Waals surface area contributed by atoms with Gasteiger partial charge in [0, 0.05) is 24.4 Å². The summed E-state index contributed by atoms with van der Waals surface area (Å²) in [6, 6.07) is 10.4. The molecule has 0 spiro atoms. The molecule has 1 amide bonds. The average molecular weight is 399 g/mol. The highest BCUT2D eigenvalue weighted by Crippen LogP contribution is 2.34. The fourth-order valence-electron chi connectivity index (χ4n) is 3.02. The molecule has 1 N–H and O–H groups in total. The van der Waals surface area contributed by atoms with E-state index < -0.39 is 10.0 Å². The molecule has 25 heavy (non-hydrogen) atoms. The highest BCUT2D eigenvalue weighted by molar-refractivity contribution is 7.89. The van der Waals surface area contributed by atoms with Crippen LogP contribution in [0.5, 0.6) is 0 Å². The zero-order chi connectivity index (χ0) is 17.9. The predicted molar refractivity (Wildman–Crippen MR) is 99.3 cm³/mol. The van der Waals surface area contributed by atoms with Crippen molar-refractivity contribution in [2.75, 3.05) is 13.1 Å². The van der Waals surface area contributed by atoms with E-state index in [0.717, 1.165) is 19.4 Å². The molecule has 1 fully saturated rings. The number of benzene rings is 1. The van der Waals surface area contributed by atoms with E-state index in [9.17, 15) is 13.2 Å². The number of thiophene rings is 1. The van der Waals surface area contributed by atoms with Crippen molar-refractivity contribution in [3.8, 4) is 0 Å². The summed E-state index contributed by atoms with van der Waals surface area (Å²) in [5.41, 5.74) is 0. The Bertz CT molecular complexity index is 837. The normalized spacial score (nSPS) is 17.8. The predicted octanol–water partition coefficient (Wildman–Crippen LogP) is 3.43. The fourth-order valence-corrected chi connectivity index (χ4v) is 5.44. The molecule has 1 aromatic heterocycles. The molecule has 0 saturated carbocycles. The second kappa shape index (κ2) is 7.86. The smallest absolute Gasteiger partial charge is 0.242 e. The Balaban J connectivity index is 1.58. The lowest BCUT2D eigenvalue weighted by Gasteiger charge is -2.24. The molecule has 1 saturated heterocycles. The van der Waals surface area contributed by atoms with Crippen LogP contribution in [-0.4, -0.2) is 32.3 Å². The Morgan fingerprint density at radius 1 is 1.28 bits per heavy atom. The van der Waals surface area contributed by atoms with Crippen LogP contribution in [0, 0.1) is 0 Å². The number of carbonyl (C=O) groups is 1. The molecule has 8 heteroatoms. The molecule has 0 aliphatic carbocycles. The molecule has 5 nitrogen and oxygen atoms in total. The number of nitrogens with one attached hydrogen (secondary N) is 1. The van der Waals surface area contributed by atoms with E-state index in [1.54, 1.807) is 23.5 Å². The van der Waals surface area contributed by atoms with Gasteiger partial charge in [0.1, 0.15) is 4.90 Å². The van der Waals surface area contributed by atoms with Gasteiger partial charge in [0.15, 0.2) is 0 Å². The summed E-state index contributed by atoms with van der Waals surface area (Å²) in [6.07, 6.45) is 2.06. The number of sulfonamides is 1. The van der Waals surface area contributed by atoms with Crippen LogP contribution in [0.25, 0.3) is 0 Å². The lowest BCUT2D eigenvalue weighted by molar-refractivity contribution is -0.131. The van der Waals surface area contributed by atoms with Gasteiger partial charge in [0.25, 0.3) is 0 Å². The number of nitrogens with zero attached hydrogens (tertiary/aromatic N) is 1. The quantitative estimate of drug-likeness (QED) is 0.810. The van der Waals surface area contributed by atoms with Crippen molar-refractivity contribution in [3.63, 3.8) is 0 Å². The third-order valence-electron chi connectivity index (χ3n) is 4.20. The van der Waals surface area contributed by atoms with Gasteiger partial charge in [0.05, 0.1) is 11.1 Å². The SMILES string of the molecule is O=C(CCNS(=O)(=O)c1ccccc1Cl)N1CCCC1c1cccs1.